The van der Waals surface area contributed by atoms with Crippen LogP contribution in [0.15, 0.2) is 0 Å². The van der Waals surface area contributed by atoms with E-state index in [1.807, 2.05) is 0 Å². The average Bonchev–Trinajstić information content (AvgIpc) is 2.88. The van der Waals surface area contributed by atoms with Crippen LogP contribution < -0.4 is 0 Å². The van der Waals surface area contributed by atoms with Crippen molar-refractivity contribution in [1.82, 2.24) is 19.6 Å². The fourth-order valence-corrected chi connectivity index (χ4v) is 4.71. The Morgan fingerprint density at radius 1 is 0.270 bits per heavy atom. The summed E-state index contributed by atoms with van der Waals surface area (Å²) in [5, 5.41) is 0. The van der Waals surface area contributed by atoms with Gasteiger partial charge in [0, 0.05) is 39.3 Å². The van der Waals surface area contributed by atoms with Crippen molar-refractivity contribution in [2.24, 2.45) is 0 Å². The first-order chi connectivity index (χ1) is 18.1. The molecule has 7 heteroatoms. The fourth-order valence-electron chi connectivity index (χ4n) is 4.71. The molecule has 0 unspecified atom stereocenters. The number of nitrogens with zero attached hydrogens (tertiary/aromatic N) is 4. The lowest BCUT2D eigenvalue weighted by atomic mass is 10.3. The Balaban J connectivity index is 4.37. The van der Waals surface area contributed by atoms with Crippen LogP contribution in [0.1, 0.15) is 80.1 Å². The van der Waals surface area contributed by atoms with Gasteiger partial charge in [0.15, 0.2) is 0 Å². The zero-order chi connectivity index (χ0) is 27.4. The molecule has 0 aromatic carbocycles. The van der Waals surface area contributed by atoms with Crippen LogP contribution in [-0.2, 0) is 14.2 Å². The topological polar surface area (TPSA) is 40.6 Å². The third-order valence-corrected chi connectivity index (χ3v) is 6.55. The molecular weight excluding hydrogens is 464 g/mol. The number of hydrogen-bond donors (Lipinski definition) is 0. The first kappa shape index (κ1) is 36.7. The van der Waals surface area contributed by atoms with Crippen molar-refractivity contribution in [2.45, 2.75) is 80.1 Å². The Morgan fingerprint density at radius 2 is 0.432 bits per heavy atom. The van der Waals surface area contributed by atoms with E-state index in [1.54, 1.807) is 0 Å². The van der Waals surface area contributed by atoms with E-state index in [9.17, 15) is 0 Å². The molecular formula is C30H66N4O3. The van der Waals surface area contributed by atoms with E-state index in [-0.39, 0.29) is 0 Å². The van der Waals surface area contributed by atoms with Gasteiger partial charge in [-0.1, -0.05) is 41.5 Å². The Bertz CT molecular complexity index is 365. The molecule has 0 aliphatic heterocycles. The Hall–Kier alpha value is -0.280. The van der Waals surface area contributed by atoms with Gasteiger partial charge in [0.25, 0.3) is 0 Å². The van der Waals surface area contributed by atoms with Crippen molar-refractivity contribution in [3.63, 3.8) is 0 Å². The van der Waals surface area contributed by atoms with Gasteiger partial charge in [0.05, 0.1) is 39.6 Å². The van der Waals surface area contributed by atoms with E-state index in [0.29, 0.717) is 0 Å². The van der Waals surface area contributed by atoms with Crippen molar-refractivity contribution in [1.29, 1.82) is 0 Å². The maximum atomic E-state index is 6.03. The van der Waals surface area contributed by atoms with Crippen LogP contribution in [0.3, 0.4) is 0 Å². The van der Waals surface area contributed by atoms with E-state index < -0.39 is 0 Å². The molecule has 0 atom stereocenters. The van der Waals surface area contributed by atoms with E-state index in [2.05, 4.69) is 61.1 Å². The zero-order valence-electron chi connectivity index (χ0n) is 26.0. The predicted octanol–water partition coefficient (Wildman–Crippen LogP) is 4.70. The molecule has 0 fully saturated rings. The van der Waals surface area contributed by atoms with Gasteiger partial charge < -0.3 is 28.9 Å². The van der Waals surface area contributed by atoms with Crippen LogP contribution in [0, 0.1) is 0 Å². The van der Waals surface area contributed by atoms with Gasteiger partial charge in [-0.15, -0.1) is 0 Å². The second-order valence-corrected chi connectivity index (χ2v) is 10.2. The number of rotatable bonds is 30. The molecule has 7 nitrogen and oxygen atoms in total. The molecule has 0 spiro atoms. The second kappa shape index (κ2) is 28.7. The monoisotopic (exact) mass is 531 g/mol. The molecule has 0 radical (unpaired) electrons. The standard InChI is InChI=1S/C30H66N4O3/c1-7-13-31(14-8-2)19-25-35-28-22-34(23-29-36-26-20-32(15-9-3)16-10-4)24-30-37-27-21-33(17-11-5)18-12-6/h7-30H2,1-6H3. The van der Waals surface area contributed by atoms with Crippen LogP contribution in [-0.4, -0.2) is 138 Å². The van der Waals surface area contributed by atoms with Gasteiger partial charge >= 0.3 is 0 Å². The van der Waals surface area contributed by atoms with Crippen LogP contribution in [0.4, 0.5) is 0 Å². The maximum absolute atomic E-state index is 6.03. The smallest absolute Gasteiger partial charge is 0.0594 e. The maximum Gasteiger partial charge on any atom is 0.0594 e. The highest BCUT2D eigenvalue weighted by atomic mass is 16.5. The van der Waals surface area contributed by atoms with E-state index in [0.717, 1.165) is 78.9 Å². The summed E-state index contributed by atoms with van der Waals surface area (Å²) in [5.41, 5.74) is 0. The highest BCUT2D eigenvalue weighted by Gasteiger charge is 2.08. The summed E-state index contributed by atoms with van der Waals surface area (Å²) in [6.07, 6.45) is 7.23. The van der Waals surface area contributed by atoms with Crippen LogP contribution in [0.2, 0.25) is 0 Å². The van der Waals surface area contributed by atoms with E-state index in [1.165, 1.54) is 77.8 Å². The number of hydrogen-bond acceptors (Lipinski definition) is 7. The quantitative estimate of drug-likeness (QED) is 0.125. The summed E-state index contributed by atoms with van der Waals surface area (Å²) >= 11 is 0. The summed E-state index contributed by atoms with van der Waals surface area (Å²) in [5.74, 6) is 0. The third-order valence-electron chi connectivity index (χ3n) is 6.55. The van der Waals surface area contributed by atoms with Crippen LogP contribution in [0.5, 0.6) is 0 Å². The highest BCUT2D eigenvalue weighted by Crippen LogP contribution is 1.98. The van der Waals surface area contributed by atoms with Gasteiger partial charge in [-0.25, -0.2) is 0 Å². The average molecular weight is 531 g/mol. The van der Waals surface area contributed by atoms with Gasteiger partial charge in [-0.2, -0.15) is 0 Å². The molecule has 0 saturated carbocycles. The van der Waals surface area contributed by atoms with Gasteiger partial charge in [-0.05, 0) is 77.8 Å². The lowest BCUT2D eigenvalue weighted by Crippen LogP contribution is -2.36. The molecule has 0 bridgehead atoms. The summed E-state index contributed by atoms with van der Waals surface area (Å²) in [6.45, 7) is 31.2. The normalized spacial score (nSPS) is 12.2. The van der Waals surface area contributed by atoms with E-state index in [4.69, 9.17) is 14.2 Å². The van der Waals surface area contributed by atoms with Crippen molar-refractivity contribution in [3.8, 4) is 0 Å². The zero-order valence-corrected chi connectivity index (χ0v) is 26.0. The lowest BCUT2D eigenvalue weighted by molar-refractivity contribution is 0.0398. The molecule has 0 N–H and O–H groups in total. The van der Waals surface area contributed by atoms with Crippen LogP contribution >= 0.6 is 0 Å². The van der Waals surface area contributed by atoms with Gasteiger partial charge in [0.1, 0.15) is 0 Å². The molecule has 0 heterocycles. The largest absolute Gasteiger partial charge is 0.379 e. The molecule has 37 heavy (non-hydrogen) atoms. The molecule has 0 rings (SSSR count). The molecule has 0 aromatic heterocycles. The van der Waals surface area contributed by atoms with Gasteiger partial charge in [-0.3, -0.25) is 4.90 Å². The minimum absolute atomic E-state index is 0.771. The minimum Gasteiger partial charge on any atom is -0.379 e. The predicted molar refractivity (Wildman–Crippen MR) is 160 cm³/mol. The first-order valence-corrected chi connectivity index (χ1v) is 15.8. The minimum atomic E-state index is 0.771. The fraction of sp³-hybridized carbons (Fsp3) is 1.00. The lowest BCUT2D eigenvalue weighted by Gasteiger charge is -2.25. The molecule has 0 aliphatic carbocycles. The summed E-state index contributed by atoms with van der Waals surface area (Å²) in [6, 6.07) is 0. The van der Waals surface area contributed by atoms with Crippen molar-refractivity contribution >= 4 is 0 Å². The SMILES string of the molecule is CCCN(CCC)CCOCCN(CCOCCN(CCC)CCC)CCOCCN(CCC)CCC. The molecule has 224 valence electrons. The van der Waals surface area contributed by atoms with Gasteiger partial charge in [0.2, 0.25) is 0 Å². The van der Waals surface area contributed by atoms with Crippen molar-refractivity contribution in [2.75, 3.05) is 118 Å². The molecule has 0 amide bonds. The molecule has 0 aliphatic rings. The summed E-state index contributed by atoms with van der Waals surface area (Å²) < 4.78 is 18.1. The first-order valence-electron chi connectivity index (χ1n) is 15.8. The molecule has 0 saturated heterocycles. The Morgan fingerprint density at radius 3 is 0.595 bits per heavy atom. The van der Waals surface area contributed by atoms with Crippen molar-refractivity contribution in [3.05, 3.63) is 0 Å². The Labute approximate surface area is 232 Å². The molecule has 0 aromatic rings. The van der Waals surface area contributed by atoms with E-state index >= 15 is 0 Å². The summed E-state index contributed by atoms with van der Waals surface area (Å²) in [7, 11) is 0. The van der Waals surface area contributed by atoms with Crippen LogP contribution in [0.25, 0.3) is 0 Å². The number of ether oxygens (including phenoxy) is 3. The Kier molecular flexibility index (Phi) is 28.5. The van der Waals surface area contributed by atoms with Crippen molar-refractivity contribution < 1.29 is 14.2 Å². The third kappa shape index (κ3) is 23.3. The summed E-state index contributed by atoms with van der Waals surface area (Å²) in [4.78, 5) is 9.99. The second-order valence-electron chi connectivity index (χ2n) is 10.2. The highest BCUT2D eigenvalue weighted by molar-refractivity contribution is 4.61.